The minimum absolute atomic E-state index is 0.0517. The number of fused-ring (bicyclic) bond motifs is 1. The molecule has 1 saturated heterocycles. The van der Waals surface area contributed by atoms with Crippen molar-refractivity contribution in [2.24, 2.45) is 0 Å². The van der Waals surface area contributed by atoms with E-state index in [1.54, 1.807) is 41.3 Å². The smallest absolute Gasteiger partial charge is 0.254 e. The minimum atomic E-state index is -0.762. The lowest BCUT2D eigenvalue weighted by Crippen LogP contribution is -2.40. The summed E-state index contributed by atoms with van der Waals surface area (Å²) in [6.07, 6.45) is 9.57. The van der Waals surface area contributed by atoms with Crippen LogP contribution in [-0.4, -0.2) is 93.4 Å². The summed E-state index contributed by atoms with van der Waals surface area (Å²) >= 11 is 0. The van der Waals surface area contributed by atoms with Crippen molar-refractivity contribution in [1.29, 1.82) is 0 Å². The second-order valence-corrected chi connectivity index (χ2v) is 16.6. The molecule has 0 spiro atoms. The van der Waals surface area contributed by atoms with Crippen molar-refractivity contribution in [1.82, 2.24) is 24.2 Å². The number of nitrogen functional groups attached to an aromatic ring is 1. The molecule has 0 atom stereocenters. The summed E-state index contributed by atoms with van der Waals surface area (Å²) in [5.74, 6) is 0.354. The molecule has 5 aromatic rings. The highest BCUT2D eigenvalue weighted by Crippen LogP contribution is 2.34. The first kappa shape index (κ1) is 32.2. The van der Waals surface area contributed by atoms with Crippen molar-refractivity contribution in [3.63, 3.8) is 0 Å². The van der Waals surface area contributed by atoms with Crippen molar-refractivity contribution in [3.05, 3.63) is 95.7 Å². The first-order valence-corrected chi connectivity index (χ1v) is 18.1. The average Bonchev–Trinajstić information content (AvgIpc) is 3.63. The van der Waals surface area contributed by atoms with Crippen LogP contribution in [0.15, 0.2) is 73.1 Å². The van der Waals surface area contributed by atoms with E-state index in [1.807, 2.05) is 16.7 Å². The van der Waals surface area contributed by atoms with E-state index in [2.05, 4.69) is 28.8 Å². The maximum atomic E-state index is 14.1. The lowest BCUT2D eigenvalue weighted by atomic mass is 10.1. The Labute approximate surface area is 273 Å². The summed E-state index contributed by atoms with van der Waals surface area (Å²) < 4.78 is 34.2. The first-order chi connectivity index (χ1) is 22.6. The van der Waals surface area contributed by atoms with Crippen LogP contribution in [0.4, 0.5) is 10.2 Å². The Hall–Kier alpha value is -4.72. The fraction of sp³-hybridized carbons (Fsp3) is 0.294. The number of nitrogens with zero attached hydrogens (tertiary/aromatic N) is 5. The number of para-hydroxylation sites is 1. The molecular weight excluding hydrogens is 623 g/mol. The second kappa shape index (κ2) is 13.6. The molecule has 4 heterocycles. The van der Waals surface area contributed by atoms with Gasteiger partial charge in [0.2, 0.25) is 11.7 Å². The van der Waals surface area contributed by atoms with Gasteiger partial charge in [0.15, 0.2) is 11.6 Å². The van der Waals surface area contributed by atoms with Gasteiger partial charge in [-0.15, -0.1) is 0 Å². The number of hydrogen-bond donors (Lipinski definition) is 1. The summed E-state index contributed by atoms with van der Waals surface area (Å²) in [7, 11) is -0.762. The number of hydrogen-bond acceptors (Lipinski definition) is 8. The van der Waals surface area contributed by atoms with Gasteiger partial charge in [-0.1, -0.05) is 12.1 Å². The number of rotatable bonds is 11. The number of aromatic nitrogens is 4. The van der Waals surface area contributed by atoms with Gasteiger partial charge < -0.3 is 29.4 Å². The zero-order chi connectivity index (χ0) is 33.1. The first-order valence-electron chi connectivity index (χ1n) is 15.1. The molecule has 6 rings (SSSR count). The number of benzene rings is 2. The van der Waals surface area contributed by atoms with E-state index in [4.69, 9.17) is 19.9 Å². The van der Waals surface area contributed by atoms with Gasteiger partial charge in [0.05, 0.1) is 54.7 Å². The predicted octanol–water partition coefficient (Wildman–Crippen LogP) is 5.11. The quantitative estimate of drug-likeness (QED) is 0.153. The van der Waals surface area contributed by atoms with Crippen LogP contribution in [0.1, 0.15) is 26.4 Å². The van der Waals surface area contributed by atoms with E-state index in [1.165, 1.54) is 29.2 Å². The number of carbonyl (C=O) groups excluding carboxylic acids is 2. The molecule has 0 radical (unpaired) electrons. The normalized spacial score (nSPS) is 14.0. The molecule has 13 heteroatoms. The van der Waals surface area contributed by atoms with Crippen LogP contribution in [0.3, 0.4) is 0 Å². The van der Waals surface area contributed by atoms with Gasteiger partial charge in [0, 0.05) is 35.9 Å². The molecule has 3 aromatic heterocycles. The van der Waals surface area contributed by atoms with Crippen LogP contribution in [0.25, 0.3) is 16.6 Å². The van der Waals surface area contributed by atoms with E-state index in [9.17, 15) is 14.0 Å². The third-order valence-electron chi connectivity index (χ3n) is 7.81. The highest BCUT2D eigenvalue weighted by molar-refractivity contribution is 8.32. The van der Waals surface area contributed by atoms with Crippen molar-refractivity contribution in [3.8, 4) is 17.3 Å². The van der Waals surface area contributed by atoms with Crippen LogP contribution >= 0.6 is 10.0 Å². The summed E-state index contributed by atoms with van der Waals surface area (Å²) in [5.41, 5.74) is 8.83. The molecule has 0 bridgehead atoms. The number of nitrogens with two attached hydrogens (primary N) is 1. The standard InChI is InChI=1S/C34H37FN6O5S/c1-47(2,3)17-16-45-22-40-28-10-8-23(34(43)39-12-14-44-15-13-39)18-24(28)19-29(40)32(42)26-21-38-41(33(26)36)25-9-11-31(37-20-25)46-30-7-5-4-6-27(30)35/h4-11,18-21H,12-17,22,36H2,1-3H3. The number of morpholine rings is 1. The van der Waals surface area contributed by atoms with Crippen LogP contribution in [0, 0.1) is 5.82 Å². The highest BCUT2D eigenvalue weighted by Gasteiger charge is 2.25. The number of amides is 1. The molecule has 2 aromatic carbocycles. The Morgan fingerprint density at radius 3 is 2.53 bits per heavy atom. The zero-order valence-corrected chi connectivity index (χ0v) is 27.3. The summed E-state index contributed by atoms with van der Waals surface area (Å²) in [4.78, 5) is 33.3. The molecule has 1 fully saturated rings. The van der Waals surface area contributed by atoms with Gasteiger partial charge in [-0.25, -0.2) is 24.1 Å². The van der Waals surface area contributed by atoms with E-state index in [0.29, 0.717) is 49.9 Å². The number of carbonyl (C=O) groups is 2. The Kier molecular flexibility index (Phi) is 9.30. The van der Waals surface area contributed by atoms with Crippen molar-refractivity contribution >= 4 is 38.4 Å². The zero-order valence-electron chi connectivity index (χ0n) is 26.5. The van der Waals surface area contributed by atoms with E-state index in [0.717, 1.165) is 16.7 Å². The molecule has 11 nitrogen and oxygen atoms in total. The molecule has 1 aliphatic heterocycles. The molecule has 0 saturated carbocycles. The summed E-state index contributed by atoms with van der Waals surface area (Å²) in [6.45, 7) is 2.78. The Morgan fingerprint density at radius 2 is 1.81 bits per heavy atom. The van der Waals surface area contributed by atoms with Crippen LogP contribution in [0.5, 0.6) is 11.6 Å². The van der Waals surface area contributed by atoms with Crippen LogP contribution in [0.2, 0.25) is 0 Å². The number of ketones is 1. The molecule has 47 heavy (non-hydrogen) atoms. The SMILES string of the molecule is CS(C)(C)CCOCn1c(C(=O)c2cnn(-c3ccc(Oc4ccccc4F)nc3)c2N)cc2cc(C(=O)N3CCOCC3)ccc21. The summed E-state index contributed by atoms with van der Waals surface area (Å²) in [6, 6.07) is 16.5. The molecule has 0 unspecified atom stereocenters. The molecule has 1 amide bonds. The summed E-state index contributed by atoms with van der Waals surface area (Å²) in [5, 5.41) is 5.10. The highest BCUT2D eigenvalue weighted by atomic mass is 32.3. The van der Waals surface area contributed by atoms with Crippen molar-refractivity contribution in [2.75, 3.05) is 63.2 Å². The van der Waals surface area contributed by atoms with Crippen molar-refractivity contribution < 1.29 is 28.2 Å². The minimum Gasteiger partial charge on any atom is -0.436 e. The molecule has 0 aliphatic carbocycles. The third kappa shape index (κ3) is 7.17. The van der Waals surface area contributed by atoms with Crippen LogP contribution in [-0.2, 0) is 16.2 Å². The number of halogens is 1. The molecular formula is C34H37FN6O5S. The molecule has 246 valence electrons. The molecule has 2 N–H and O–H groups in total. The number of ether oxygens (including phenoxy) is 3. The van der Waals surface area contributed by atoms with Crippen molar-refractivity contribution in [2.45, 2.75) is 6.73 Å². The Morgan fingerprint density at radius 1 is 1.02 bits per heavy atom. The van der Waals surface area contributed by atoms with Gasteiger partial charge in [-0.3, -0.25) is 9.59 Å². The largest absolute Gasteiger partial charge is 0.436 e. The second-order valence-electron chi connectivity index (χ2n) is 12.0. The third-order valence-corrected chi connectivity index (χ3v) is 9.20. The van der Waals surface area contributed by atoms with E-state index in [-0.39, 0.29) is 41.4 Å². The van der Waals surface area contributed by atoms with E-state index < -0.39 is 15.8 Å². The van der Waals surface area contributed by atoms with Gasteiger partial charge in [0.1, 0.15) is 12.5 Å². The van der Waals surface area contributed by atoms with Gasteiger partial charge >= 0.3 is 0 Å². The predicted molar refractivity (Wildman–Crippen MR) is 181 cm³/mol. The maximum Gasteiger partial charge on any atom is 0.254 e. The lowest BCUT2D eigenvalue weighted by molar-refractivity contribution is 0.0303. The topological polar surface area (TPSA) is 127 Å². The van der Waals surface area contributed by atoms with Crippen LogP contribution < -0.4 is 10.5 Å². The Bertz CT molecular complexity index is 1910. The van der Waals surface area contributed by atoms with Gasteiger partial charge in [0.25, 0.3) is 5.91 Å². The average molecular weight is 661 g/mol. The van der Waals surface area contributed by atoms with Gasteiger partial charge in [-0.2, -0.15) is 5.10 Å². The fourth-order valence-corrected chi connectivity index (χ4v) is 5.84. The monoisotopic (exact) mass is 660 g/mol. The van der Waals surface area contributed by atoms with Gasteiger partial charge in [-0.05, 0) is 61.2 Å². The Balaban J connectivity index is 1.28. The number of pyridine rings is 1. The number of anilines is 1. The fourth-order valence-electron chi connectivity index (χ4n) is 5.22. The molecule has 1 aliphatic rings. The van der Waals surface area contributed by atoms with E-state index >= 15 is 0 Å². The maximum absolute atomic E-state index is 14.1. The lowest BCUT2D eigenvalue weighted by Gasteiger charge is -2.26.